The molecule has 0 amide bonds. The minimum absolute atomic E-state index is 0.414. The molecule has 1 rings (SSSR count). The summed E-state index contributed by atoms with van der Waals surface area (Å²) in [6.45, 7) is 15.4. The topological polar surface area (TPSA) is 37.6 Å². The number of ether oxygens (including phenoxy) is 1. The molecule has 122 valence electrons. The number of rotatable bonds is 10. The average Bonchev–Trinajstić information content (AvgIpc) is 2.76. The van der Waals surface area contributed by atoms with Crippen molar-refractivity contribution in [2.45, 2.75) is 53.8 Å². The van der Waals surface area contributed by atoms with Gasteiger partial charge >= 0.3 is 0 Å². The van der Waals surface area contributed by atoms with Crippen LogP contribution >= 0.6 is 0 Å². The van der Waals surface area contributed by atoms with E-state index in [-0.39, 0.29) is 0 Å². The smallest absolute Gasteiger partial charge is 0.118 e. The van der Waals surface area contributed by atoms with Crippen molar-refractivity contribution in [1.82, 2.24) is 10.2 Å². The van der Waals surface area contributed by atoms with E-state index in [9.17, 15) is 0 Å². The van der Waals surface area contributed by atoms with Crippen LogP contribution in [0.5, 0.6) is 0 Å². The summed E-state index contributed by atoms with van der Waals surface area (Å²) in [6, 6.07) is 2.60. The highest BCUT2D eigenvalue weighted by atomic mass is 16.5. The van der Waals surface area contributed by atoms with E-state index in [0.717, 1.165) is 44.3 Å². The Bertz CT molecular complexity index is 401. The Labute approximate surface area is 129 Å². The molecule has 1 N–H and O–H groups in total. The monoisotopic (exact) mass is 296 g/mol. The van der Waals surface area contributed by atoms with Crippen molar-refractivity contribution >= 4 is 0 Å². The first-order valence-electron chi connectivity index (χ1n) is 7.99. The van der Waals surface area contributed by atoms with Crippen LogP contribution in [-0.2, 0) is 17.8 Å². The maximum atomic E-state index is 5.86. The molecule has 0 radical (unpaired) electrons. The molecule has 0 aliphatic rings. The van der Waals surface area contributed by atoms with Gasteiger partial charge in [-0.05, 0) is 38.9 Å². The number of nitrogens with zero attached hydrogens (tertiary/aromatic N) is 1. The Morgan fingerprint density at radius 1 is 1.33 bits per heavy atom. The van der Waals surface area contributed by atoms with E-state index in [0.29, 0.717) is 12.0 Å². The summed E-state index contributed by atoms with van der Waals surface area (Å²) < 4.78 is 11.1. The van der Waals surface area contributed by atoms with Crippen LogP contribution < -0.4 is 5.32 Å². The zero-order valence-corrected chi connectivity index (χ0v) is 14.5. The van der Waals surface area contributed by atoms with Crippen molar-refractivity contribution in [2.24, 2.45) is 5.92 Å². The fourth-order valence-electron chi connectivity index (χ4n) is 2.46. The van der Waals surface area contributed by atoms with Gasteiger partial charge in [0.05, 0.1) is 13.2 Å². The lowest BCUT2D eigenvalue weighted by Gasteiger charge is -2.26. The van der Waals surface area contributed by atoms with E-state index in [1.54, 1.807) is 7.11 Å². The first kappa shape index (κ1) is 18.2. The highest BCUT2D eigenvalue weighted by Crippen LogP contribution is 2.18. The standard InChI is InChI=1S/C17H32N2O2/c1-7-19(14(4)12-20-6)11-16-8-17(21-15(16)5)10-18-9-13(2)3/h8,13-14,18H,7,9-12H2,1-6H3. The zero-order valence-electron chi connectivity index (χ0n) is 14.5. The molecular formula is C17H32N2O2. The van der Waals surface area contributed by atoms with Gasteiger partial charge in [-0.15, -0.1) is 0 Å². The number of aryl methyl sites for hydroxylation is 1. The number of nitrogens with one attached hydrogen (secondary N) is 1. The minimum Gasteiger partial charge on any atom is -0.465 e. The number of methoxy groups -OCH3 is 1. The summed E-state index contributed by atoms with van der Waals surface area (Å²) in [5.74, 6) is 2.71. The molecule has 0 aliphatic heterocycles. The highest BCUT2D eigenvalue weighted by Gasteiger charge is 2.15. The third kappa shape index (κ3) is 6.20. The van der Waals surface area contributed by atoms with Crippen molar-refractivity contribution in [1.29, 1.82) is 0 Å². The molecule has 0 aromatic carbocycles. The molecule has 0 spiro atoms. The SMILES string of the molecule is CCN(Cc1cc(CNCC(C)C)oc1C)C(C)COC. The van der Waals surface area contributed by atoms with Crippen LogP contribution in [0.15, 0.2) is 10.5 Å². The summed E-state index contributed by atoms with van der Waals surface area (Å²) in [5, 5.41) is 3.42. The Morgan fingerprint density at radius 3 is 2.62 bits per heavy atom. The number of hydrogen-bond acceptors (Lipinski definition) is 4. The van der Waals surface area contributed by atoms with Gasteiger partial charge in [0.15, 0.2) is 0 Å². The van der Waals surface area contributed by atoms with Gasteiger partial charge in [0, 0.05) is 25.3 Å². The molecule has 0 saturated carbocycles. The summed E-state index contributed by atoms with van der Waals surface area (Å²) in [4.78, 5) is 2.41. The summed E-state index contributed by atoms with van der Waals surface area (Å²) in [5.41, 5.74) is 1.28. The lowest BCUT2D eigenvalue weighted by Crippen LogP contribution is -2.35. The van der Waals surface area contributed by atoms with Crippen LogP contribution in [0.1, 0.15) is 44.8 Å². The predicted octanol–water partition coefficient (Wildman–Crippen LogP) is 3.19. The second-order valence-corrected chi connectivity index (χ2v) is 6.19. The number of furan rings is 1. The average molecular weight is 296 g/mol. The van der Waals surface area contributed by atoms with Gasteiger partial charge in [-0.25, -0.2) is 0 Å². The first-order valence-corrected chi connectivity index (χ1v) is 7.99. The maximum Gasteiger partial charge on any atom is 0.118 e. The van der Waals surface area contributed by atoms with Crippen LogP contribution in [0.2, 0.25) is 0 Å². The third-order valence-electron chi connectivity index (χ3n) is 3.73. The van der Waals surface area contributed by atoms with Crippen LogP contribution in [0.3, 0.4) is 0 Å². The van der Waals surface area contributed by atoms with Gasteiger partial charge in [-0.1, -0.05) is 20.8 Å². The molecule has 0 saturated heterocycles. The molecule has 1 aromatic rings. The van der Waals surface area contributed by atoms with E-state index in [2.05, 4.69) is 50.9 Å². The maximum absolute atomic E-state index is 5.86. The molecule has 0 aliphatic carbocycles. The molecule has 4 heteroatoms. The molecule has 1 atom stereocenters. The summed E-state index contributed by atoms with van der Waals surface area (Å²) in [7, 11) is 1.76. The molecule has 21 heavy (non-hydrogen) atoms. The second-order valence-electron chi connectivity index (χ2n) is 6.19. The third-order valence-corrected chi connectivity index (χ3v) is 3.73. The zero-order chi connectivity index (χ0) is 15.8. The Kier molecular flexibility index (Phi) is 8.01. The van der Waals surface area contributed by atoms with E-state index in [4.69, 9.17) is 9.15 Å². The normalized spacial score (nSPS) is 13.3. The van der Waals surface area contributed by atoms with Crippen molar-refractivity contribution in [3.8, 4) is 0 Å². The van der Waals surface area contributed by atoms with Crippen LogP contribution in [-0.4, -0.2) is 37.7 Å². The van der Waals surface area contributed by atoms with Crippen LogP contribution in [0.25, 0.3) is 0 Å². The molecule has 0 fully saturated rings. The number of likely N-dealkylation sites (N-methyl/N-ethyl adjacent to an activating group) is 1. The van der Waals surface area contributed by atoms with Crippen molar-refractivity contribution in [2.75, 3.05) is 26.8 Å². The lowest BCUT2D eigenvalue weighted by molar-refractivity contribution is 0.0979. The van der Waals surface area contributed by atoms with E-state index >= 15 is 0 Å². The van der Waals surface area contributed by atoms with Gasteiger partial charge in [0.25, 0.3) is 0 Å². The van der Waals surface area contributed by atoms with Crippen LogP contribution in [0.4, 0.5) is 0 Å². The van der Waals surface area contributed by atoms with Gasteiger partial charge in [-0.3, -0.25) is 4.90 Å². The summed E-state index contributed by atoms with van der Waals surface area (Å²) in [6.07, 6.45) is 0. The molecule has 1 aromatic heterocycles. The largest absolute Gasteiger partial charge is 0.465 e. The molecule has 4 nitrogen and oxygen atoms in total. The Hall–Kier alpha value is -0.840. The summed E-state index contributed by atoms with van der Waals surface area (Å²) >= 11 is 0. The fraction of sp³-hybridized carbons (Fsp3) is 0.765. The van der Waals surface area contributed by atoms with Gasteiger partial charge < -0.3 is 14.5 Å². The van der Waals surface area contributed by atoms with E-state index in [1.165, 1.54) is 5.56 Å². The quantitative estimate of drug-likeness (QED) is 0.719. The van der Waals surface area contributed by atoms with E-state index < -0.39 is 0 Å². The minimum atomic E-state index is 0.414. The lowest BCUT2D eigenvalue weighted by atomic mass is 10.2. The first-order chi connectivity index (χ1) is 9.97. The number of hydrogen-bond donors (Lipinski definition) is 1. The molecule has 1 unspecified atom stereocenters. The fourth-order valence-corrected chi connectivity index (χ4v) is 2.46. The van der Waals surface area contributed by atoms with Gasteiger partial charge in [-0.2, -0.15) is 0 Å². The Balaban J connectivity index is 2.60. The van der Waals surface area contributed by atoms with Crippen LogP contribution in [0, 0.1) is 12.8 Å². The molecular weight excluding hydrogens is 264 g/mol. The van der Waals surface area contributed by atoms with Crippen molar-refractivity contribution in [3.63, 3.8) is 0 Å². The predicted molar refractivity (Wildman–Crippen MR) is 87.4 cm³/mol. The molecule has 0 bridgehead atoms. The van der Waals surface area contributed by atoms with Crippen molar-refractivity contribution in [3.05, 3.63) is 23.2 Å². The van der Waals surface area contributed by atoms with Crippen molar-refractivity contribution < 1.29 is 9.15 Å². The highest BCUT2D eigenvalue weighted by molar-refractivity contribution is 5.20. The van der Waals surface area contributed by atoms with E-state index in [1.807, 2.05) is 0 Å². The molecule has 1 heterocycles. The Morgan fingerprint density at radius 2 is 2.05 bits per heavy atom. The van der Waals surface area contributed by atoms with Gasteiger partial charge in [0.1, 0.15) is 11.5 Å². The second kappa shape index (κ2) is 9.23. The van der Waals surface area contributed by atoms with Gasteiger partial charge in [0.2, 0.25) is 0 Å².